The maximum absolute atomic E-state index is 13.3. The normalized spacial score (nSPS) is 18.4. The Bertz CT molecular complexity index is 1650. The van der Waals surface area contributed by atoms with Crippen LogP contribution in [-0.2, 0) is 30.6 Å². The summed E-state index contributed by atoms with van der Waals surface area (Å²) in [6.07, 6.45) is 0.809. The molecule has 0 unspecified atom stereocenters. The lowest BCUT2D eigenvalue weighted by Crippen LogP contribution is -2.71. The van der Waals surface area contributed by atoms with Crippen LogP contribution in [0.2, 0.25) is 0 Å². The summed E-state index contributed by atoms with van der Waals surface area (Å²) in [4.78, 5) is 73.8. The van der Waals surface area contributed by atoms with Gasteiger partial charge >= 0.3 is 11.9 Å². The number of thioether (sulfide) groups is 1. The van der Waals surface area contributed by atoms with E-state index in [-0.39, 0.29) is 54.2 Å². The summed E-state index contributed by atoms with van der Waals surface area (Å²) in [7, 11) is 0. The van der Waals surface area contributed by atoms with Crippen molar-refractivity contribution in [2.24, 2.45) is 5.16 Å². The summed E-state index contributed by atoms with van der Waals surface area (Å²) < 4.78 is 0.538. The molecule has 0 bridgehead atoms. The predicted octanol–water partition coefficient (Wildman–Crippen LogP) is -1.35. The van der Waals surface area contributed by atoms with Crippen molar-refractivity contribution in [3.8, 4) is 5.75 Å². The summed E-state index contributed by atoms with van der Waals surface area (Å²) in [6, 6.07) is -0.184. The number of aliphatic hydroxyl groups is 1. The van der Waals surface area contributed by atoms with Crippen LogP contribution in [0, 0.1) is 0 Å². The topological polar surface area (TPSA) is 270 Å². The van der Waals surface area contributed by atoms with Crippen LogP contribution in [0.15, 0.2) is 38.9 Å². The first-order valence-electron chi connectivity index (χ1n) is 13.0. The monoisotopic (exact) mass is 667 g/mol. The Morgan fingerprint density at radius 3 is 2.58 bits per heavy atom. The van der Waals surface area contributed by atoms with Gasteiger partial charge in [0.15, 0.2) is 16.6 Å². The number of thiazole rings is 1. The quantitative estimate of drug-likeness (QED) is 0.0563. The minimum atomic E-state index is -1.81. The standard InChI is InChI=1S/C25H29N7O11S2/c1-25(2,23(40)41)43-29-16(13-10-45-24(26)27-13)19(36)28-17-20(37)32-18(22(38)39)11(9-44-21(17)32)6-30(3-4-33)7-12-5-14(34)15(35)8-31(12)42/h5,8,10,17,21,33,35,42H,3-4,6-7,9H2,1-2H3,(H2,26,27)(H,28,36)(H,38,39)(H,40,41)/b29-16-/t17-,21-/m1/s1. The SMILES string of the molecule is CC(C)(O/N=C(\C(=O)N[C@@H]1C(=O)N2C(C(=O)O)=C(CN(CCO)Cc3cc(=O)c(O)cn3O)CS[C@H]12)c1csc(N)n1)C(=O)O. The number of pyridine rings is 1. The fraction of sp³-hybridized carbons (Fsp3) is 0.400. The Kier molecular flexibility index (Phi) is 9.71. The van der Waals surface area contributed by atoms with Crippen molar-refractivity contribution in [3.63, 3.8) is 0 Å². The van der Waals surface area contributed by atoms with Gasteiger partial charge in [0.1, 0.15) is 22.8 Å². The lowest BCUT2D eigenvalue weighted by atomic mass is 10.0. The fourth-order valence-corrected chi connectivity index (χ4v) is 6.22. The van der Waals surface area contributed by atoms with Gasteiger partial charge in [-0.05, 0) is 19.4 Å². The van der Waals surface area contributed by atoms with Gasteiger partial charge in [-0.3, -0.25) is 24.2 Å². The number of aromatic hydroxyl groups is 1. The highest BCUT2D eigenvalue weighted by Gasteiger charge is 2.54. The van der Waals surface area contributed by atoms with E-state index in [2.05, 4.69) is 15.5 Å². The largest absolute Gasteiger partial charge is 0.503 e. The second kappa shape index (κ2) is 13.1. The minimum Gasteiger partial charge on any atom is -0.503 e. The highest BCUT2D eigenvalue weighted by atomic mass is 32.2. The maximum Gasteiger partial charge on any atom is 0.352 e. The summed E-state index contributed by atoms with van der Waals surface area (Å²) >= 11 is 2.15. The number of hydrogen-bond donors (Lipinski definition) is 7. The van der Waals surface area contributed by atoms with E-state index in [0.717, 1.165) is 40.3 Å². The number of oxime groups is 1. The molecule has 2 aromatic heterocycles. The van der Waals surface area contributed by atoms with Gasteiger partial charge in [0.2, 0.25) is 11.0 Å². The van der Waals surface area contributed by atoms with Crippen LogP contribution in [0.1, 0.15) is 25.2 Å². The molecule has 2 aliphatic heterocycles. The van der Waals surface area contributed by atoms with E-state index >= 15 is 0 Å². The number of aliphatic hydroxyl groups excluding tert-OH is 1. The van der Waals surface area contributed by atoms with Gasteiger partial charge in [-0.2, -0.15) is 4.73 Å². The van der Waals surface area contributed by atoms with Gasteiger partial charge in [0, 0.05) is 36.8 Å². The number of amides is 2. The Labute approximate surface area is 262 Å². The molecule has 0 saturated carbocycles. The second-order valence-corrected chi connectivity index (χ2v) is 12.3. The number of aromatic nitrogens is 2. The van der Waals surface area contributed by atoms with Crippen molar-refractivity contribution in [1.29, 1.82) is 0 Å². The number of β-lactam (4-membered cyclic amide) rings is 1. The van der Waals surface area contributed by atoms with Crippen LogP contribution >= 0.6 is 23.1 Å². The van der Waals surface area contributed by atoms with Crippen molar-refractivity contribution in [2.45, 2.75) is 37.4 Å². The lowest BCUT2D eigenvalue weighted by Gasteiger charge is -2.49. The molecule has 1 fully saturated rings. The summed E-state index contributed by atoms with van der Waals surface area (Å²) in [5, 5.41) is 55.4. The molecule has 8 N–H and O–H groups in total. The van der Waals surface area contributed by atoms with E-state index in [1.165, 1.54) is 19.2 Å². The van der Waals surface area contributed by atoms with Crippen LogP contribution in [0.25, 0.3) is 0 Å². The Hall–Kier alpha value is -4.66. The summed E-state index contributed by atoms with van der Waals surface area (Å²) in [6.45, 7) is 1.89. The molecule has 45 heavy (non-hydrogen) atoms. The van der Waals surface area contributed by atoms with Crippen molar-refractivity contribution in [3.05, 3.63) is 50.5 Å². The van der Waals surface area contributed by atoms with Crippen LogP contribution in [0.5, 0.6) is 5.75 Å². The number of nitrogen functional groups attached to an aromatic ring is 1. The highest BCUT2D eigenvalue weighted by molar-refractivity contribution is 8.00. The van der Waals surface area contributed by atoms with Gasteiger partial charge in [0.25, 0.3) is 11.8 Å². The third kappa shape index (κ3) is 7.03. The number of carbonyl (C=O) groups excluding carboxylic acids is 2. The van der Waals surface area contributed by atoms with Crippen LogP contribution in [-0.4, -0.2) is 117 Å². The molecule has 2 atom stereocenters. The van der Waals surface area contributed by atoms with E-state index in [9.17, 15) is 49.6 Å². The number of nitrogens with one attached hydrogen (secondary N) is 1. The second-order valence-electron chi connectivity index (χ2n) is 10.3. The maximum atomic E-state index is 13.3. The number of carboxylic acid groups (broad SMARTS) is 2. The van der Waals surface area contributed by atoms with Gasteiger partial charge in [-0.15, -0.1) is 23.1 Å². The Morgan fingerprint density at radius 1 is 1.27 bits per heavy atom. The molecule has 242 valence electrons. The van der Waals surface area contributed by atoms with Crippen molar-refractivity contribution in [2.75, 3.05) is 31.2 Å². The molecule has 0 spiro atoms. The van der Waals surface area contributed by atoms with E-state index in [1.807, 2.05) is 0 Å². The molecule has 18 nitrogen and oxygen atoms in total. The number of rotatable bonds is 13. The van der Waals surface area contributed by atoms with Gasteiger partial charge in [-0.25, -0.2) is 14.6 Å². The number of carbonyl (C=O) groups is 4. The summed E-state index contributed by atoms with van der Waals surface area (Å²) in [5.41, 5.74) is 2.67. The number of nitrogens with zero attached hydrogens (tertiary/aromatic N) is 5. The smallest absolute Gasteiger partial charge is 0.352 e. The van der Waals surface area contributed by atoms with Gasteiger partial charge in [0.05, 0.1) is 18.5 Å². The number of anilines is 1. The zero-order valence-corrected chi connectivity index (χ0v) is 25.4. The molecular weight excluding hydrogens is 638 g/mol. The third-order valence-corrected chi connectivity index (χ3v) is 8.72. The first kappa shape index (κ1) is 33.2. The molecule has 4 rings (SSSR count). The molecule has 4 heterocycles. The van der Waals surface area contributed by atoms with Crippen LogP contribution in [0.3, 0.4) is 0 Å². The number of carboxylic acids is 2. The Morgan fingerprint density at radius 2 is 1.98 bits per heavy atom. The van der Waals surface area contributed by atoms with Gasteiger partial charge < -0.3 is 41.5 Å². The van der Waals surface area contributed by atoms with E-state index in [0.29, 0.717) is 10.3 Å². The molecule has 20 heteroatoms. The lowest BCUT2D eigenvalue weighted by molar-refractivity contribution is -0.161. The molecule has 0 aliphatic carbocycles. The van der Waals surface area contributed by atoms with E-state index < -0.39 is 57.7 Å². The number of aliphatic carboxylic acids is 2. The van der Waals surface area contributed by atoms with E-state index in [1.54, 1.807) is 4.90 Å². The molecule has 0 aromatic carbocycles. The van der Waals surface area contributed by atoms with Crippen molar-refractivity contribution >= 4 is 57.7 Å². The minimum absolute atomic E-state index is 0.0101. The number of nitrogens with two attached hydrogens (primary N) is 1. The Balaban J connectivity index is 1.55. The number of fused-ring (bicyclic) bond motifs is 1. The molecule has 1 saturated heterocycles. The average molecular weight is 668 g/mol. The molecular formula is C25H29N7O11S2. The number of hydrogen-bond acceptors (Lipinski definition) is 15. The average Bonchev–Trinajstić information content (AvgIpc) is 3.39. The van der Waals surface area contributed by atoms with Crippen LogP contribution in [0.4, 0.5) is 5.13 Å². The third-order valence-electron chi connectivity index (χ3n) is 6.70. The molecule has 2 amide bonds. The van der Waals surface area contributed by atoms with Crippen molar-refractivity contribution in [1.82, 2.24) is 24.8 Å². The predicted molar refractivity (Wildman–Crippen MR) is 157 cm³/mol. The zero-order valence-electron chi connectivity index (χ0n) is 23.7. The van der Waals surface area contributed by atoms with Crippen molar-refractivity contribution < 1.29 is 49.6 Å². The van der Waals surface area contributed by atoms with E-state index in [4.69, 9.17) is 10.6 Å². The molecule has 2 aliphatic rings. The first-order valence-corrected chi connectivity index (χ1v) is 15.0. The highest BCUT2D eigenvalue weighted by Crippen LogP contribution is 2.40. The van der Waals surface area contributed by atoms with Crippen LogP contribution < -0.4 is 16.5 Å². The summed E-state index contributed by atoms with van der Waals surface area (Å²) in [5.74, 6) is -5.02. The first-order chi connectivity index (χ1) is 21.1. The molecule has 0 radical (unpaired) electrons. The van der Waals surface area contributed by atoms with Gasteiger partial charge in [-0.1, -0.05) is 5.16 Å². The zero-order chi connectivity index (χ0) is 33.2. The molecule has 2 aromatic rings. The fourth-order valence-electron chi connectivity index (χ4n) is 4.34.